The Labute approximate surface area is 182 Å². The molecule has 0 saturated carbocycles. The van der Waals surface area contributed by atoms with E-state index in [0.29, 0.717) is 0 Å². The van der Waals surface area contributed by atoms with Gasteiger partial charge in [0.25, 0.3) is 0 Å². The van der Waals surface area contributed by atoms with Gasteiger partial charge in [-0.2, -0.15) is 0 Å². The number of rotatable bonds is 5. The van der Waals surface area contributed by atoms with Crippen LogP contribution in [0.2, 0.25) is 0 Å². The molecule has 4 N–H and O–H groups in total. The molecular weight excluding hydrogens is 388 g/mol. The van der Waals surface area contributed by atoms with Crippen molar-refractivity contribution in [1.82, 2.24) is 0 Å². The van der Waals surface area contributed by atoms with E-state index in [0.717, 1.165) is 22.3 Å². The zero-order valence-corrected chi connectivity index (χ0v) is 17.5. The molecule has 0 saturated heterocycles. The Morgan fingerprint density at radius 3 is 1.39 bits per heavy atom. The standard InChI is InChI=1S/C27H28O4/c1-25(22-12-16-26(28,29)17-13-22,23-14-18-27(30,31)19-15-23)24(20-8-4-2-5-9-20)21-10-6-3-7-11-21/h2-16,18,24,28-31H,17,19H2,1H3. The lowest BCUT2D eigenvalue weighted by atomic mass is 9.60. The molecule has 2 aromatic carbocycles. The first-order valence-corrected chi connectivity index (χ1v) is 10.5. The van der Waals surface area contributed by atoms with Crippen molar-refractivity contribution >= 4 is 0 Å². The molecule has 0 bridgehead atoms. The van der Waals surface area contributed by atoms with E-state index in [1.807, 2.05) is 48.6 Å². The SMILES string of the molecule is CC(C1=CCC(O)(O)C=C1)(C1=CCC(O)(O)C=C1)C(c1ccccc1)c1ccccc1. The van der Waals surface area contributed by atoms with Crippen LogP contribution in [-0.4, -0.2) is 32.0 Å². The highest BCUT2D eigenvalue weighted by atomic mass is 16.5. The summed E-state index contributed by atoms with van der Waals surface area (Å²) in [6.07, 6.45) is 10.3. The number of allylic oxidation sites excluding steroid dienone is 4. The third-order valence-corrected chi connectivity index (χ3v) is 6.35. The number of aliphatic hydroxyl groups is 4. The molecule has 0 radical (unpaired) electrons. The van der Waals surface area contributed by atoms with Gasteiger partial charge in [0.15, 0.2) is 11.6 Å². The lowest BCUT2D eigenvalue weighted by Gasteiger charge is -2.43. The van der Waals surface area contributed by atoms with Gasteiger partial charge in [0, 0.05) is 24.2 Å². The van der Waals surface area contributed by atoms with Gasteiger partial charge in [-0.25, -0.2) is 0 Å². The molecule has 0 atom stereocenters. The highest BCUT2D eigenvalue weighted by Crippen LogP contribution is 2.53. The molecule has 160 valence electrons. The smallest absolute Gasteiger partial charge is 0.186 e. The van der Waals surface area contributed by atoms with Crippen molar-refractivity contribution in [2.75, 3.05) is 0 Å². The van der Waals surface area contributed by atoms with Crippen LogP contribution in [0.1, 0.15) is 36.8 Å². The average molecular weight is 417 g/mol. The molecule has 0 amide bonds. The maximum Gasteiger partial charge on any atom is 0.186 e. The summed E-state index contributed by atoms with van der Waals surface area (Å²) in [4.78, 5) is 0. The van der Waals surface area contributed by atoms with E-state index in [9.17, 15) is 20.4 Å². The summed E-state index contributed by atoms with van der Waals surface area (Å²) < 4.78 is 0. The number of hydrogen-bond acceptors (Lipinski definition) is 4. The van der Waals surface area contributed by atoms with Gasteiger partial charge in [0.1, 0.15) is 0 Å². The second-order valence-corrected chi connectivity index (χ2v) is 8.61. The Morgan fingerprint density at radius 1 is 0.677 bits per heavy atom. The first-order chi connectivity index (χ1) is 14.7. The van der Waals surface area contributed by atoms with Crippen LogP contribution in [0.15, 0.2) is 108 Å². The summed E-state index contributed by atoms with van der Waals surface area (Å²) in [6, 6.07) is 20.4. The van der Waals surface area contributed by atoms with Crippen LogP contribution in [0.25, 0.3) is 0 Å². The zero-order valence-electron chi connectivity index (χ0n) is 17.5. The Bertz CT molecular complexity index is 962. The van der Waals surface area contributed by atoms with Gasteiger partial charge < -0.3 is 20.4 Å². The molecule has 2 aromatic rings. The van der Waals surface area contributed by atoms with E-state index in [1.165, 1.54) is 12.2 Å². The van der Waals surface area contributed by atoms with E-state index in [4.69, 9.17) is 0 Å². The van der Waals surface area contributed by atoms with Gasteiger partial charge in [0.2, 0.25) is 0 Å². The molecule has 0 spiro atoms. The first kappa shape index (κ1) is 21.5. The van der Waals surface area contributed by atoms with Crippen molar-refractivity contribution in [1.29, 1.82) is 0 Å². The topological polar surface area (TPSA) is 80.9 Å². The fourth-order valence-corrected chi connectivity index (χ4v) is 4.66. The molecular formula is C27H28O4. The Kier molecular flexibility index (Phi) is 5.58. The molecule has 4 rings (SSSR count). The highest BCUT2D eigenvalue weighted by molar-refractivity contribution is 5.52. The third-order valence-electron chi connectivity index (χ3n) is 6.35. The molecule has 0 unspecified atom stereocenters. The molecule has 31 heavy (non-hydrogen) atoms. The Balaban J connectivity index is 1.92. The van der Waals surface area contributed by atoms with Gasteiger partial charge in [-0.15, -0.1) is 0 Å². The molecule has 2 aliphatic rings. The summed E-state index contributed by atoms with van der Waals surface area (Å²) in [6.45, 7) is 2.13. The van der Waals surface area contributed by atoms with Crippen molar-refractivity contribution in [3.63, 3.8) is 0 Å². The van der Waals surface area contributed by atoms with Crippen molar-refractivity contribution in [2.24, 2.45) is 5.41 Å². The maximum absolute atomic E-state index is 10.0. The molecule has 4 heteroatoms. The van der Waals surface area contributed by atoms with Gasteiger partial charge >= 0.3 is 0 Å². The minimum Gasteiger partial charge on any atom is -0.362 e. The van der Waals surface area contributed by atoms with Gasteiger partial charge in [-0.05, 0) is 34.4 Å². The predicted molar refractivity (Wildman–Crippen MR) is 121 cm³/mol. The van der Waals surface area contributed by atoms with Gasteiger partial charge in [-0.1, -0.05) is 91.9 Å². The minimum atomic E-state index is -1.86. The summed E-state index contributed by atoms with van der Waals surface area (Å²) in [7, 11) is 0. The number of benzene rings is 2. The van der Waals surface area contributed by atoms with Crippen molar-refractivity contribution < 1.29 is 20.4 Å². The van der Waals surface area contributed by atoms with Crippen LogP contribution in [0.5, 0.6) is 0 Å². The fraction of sp³-hybridized carbons (Fsp3) is 0.259. The van der Waals surface area contributed by atoms with E-state index < -0.39 is 17.0 Å². The summed E-state index contributed by atoms with van der Waals surface area (Å²) in [5.41, 5.74) is 3.54. The predicted octanol–water partition coefficient (Wildman–Crippen LogP) is 3.96. The second kappa shape index (κ2) is 8.06. The average Bonchev–Trinajstić information content (AvgIpc) is 2.75. The molecule has 0 aromatic heterocycles. The fourth-order valence-electron chi connectivity index (χ4n) is 4.66. The molecule has 4 nitrogen and oxygen atoms in total. The van der Waals surface area contributed by atoms with E-state index >= 15 is 0 Å². The third kappa shape index (κ3) is 4.34. The molecule has 0 fully saturated rings. The lowest BCUT2D eigenvalue weighted by Crippen LogP contribution is -2.35. The van der Waals surface area contributed by atoms with Crippen molar-refractivity contribution in [3.05, 3.63) is 119 Å². The van der Waals surface area contributed by atoms with Crippen LogP contribution < -0.4 is 0 Å². The molecule has 0 aliphatic heterocycles. The largest absolute Gasteiger partial charge is 0.362 e. The minimum absolute atomic E-state index is 0.0866. The summed E-state index contributed by atoms with van der Waals surface area (Å²) in [5, 5.41) is 40.2. The zero-order chi connectivity index (χ0) is 22.1. The van der Waals surface area contributed by atoms with Crippen molar-refractivity contribution in [3.8, 4) is 0 Å². The summed E-state index contributed by atoms with van der Waals surface area (Å²) in [5.74, 6) is -3.81. The van der Waals surface area contributed by atoms with Gasteiger partial charge in [0.05, 0.1) is 0 Å². The quantitative estimate of drug-likeness (QED) is 0.556. The maximum atomic E-state index is 10.0. The van der Waals surface area contributed by atoms with Crippen LogP contribution in [-0.2, 0) is 0 Å². The van der Waals surface area contributed by atoms with E-state index in [-0.39, 0.29) is 18.8 Å². The van der Waals surface area contributed by atoms with Crippen molar-refractivity contribution in [2.45, 2.75) is 37.3 Å². The summed E-state index contributed by atoms with van der Waals surface area (Å²) >= 11 is 0. The van der Waals surface area contributed by atoms with E-state index in [1.54, 1.807) is 12.2 Å². The highest BCUT2D eigenvalue weighted by Gasteiger charge is 2.43. The Hall–Kier alpha value is -2.76. The number of hydrogen-bond donors (Lipinski definition) is 4. The molecule has 2 aliphatic carbocycles. The molecule has 0 heterocycles. The normalized spacial score (nSPS) is 19.8. The van der Waals surface area contributed by atoms with E-state index in [2.05, 4.69) is 31.2 Å². The monoisotopic (exact) mass is 416 g/mol. The van der Waals surface area contributed by atoms with Crippen LogP contribution >= 0.6 is 0 Å². The lowest BCUT2D eigenvalue weighted by molar-refractivity contribution is -0.115. The van der Waals surface area contributed by atoms with Gasteiger partial charge in [-0.3, -0.25) is 0 Å². The second-order valence-electron chi connectivity index (χ2n) is 8.61. The van der Waals surface area contributed by atoms with Crippen LogP contribution in [0.4, 0.5) is 0 Å². The van der Waals surface area contributed by atoms with Crippen LogP contribution in [0.3, 0.4) is 0 Å². The first-order valence-electron chi connectivity index (χ1n) is 10.5. The Morgan fingerprint density at radius 2 is 1.06 bits per heavy atom. The van der Waals surface area contributed by atoms with Crippen LogP contribution in [0, 0.1) is 5.41 Å².